The van der Waals surface area contributed by atoms with Gasteiger partial charge in [0.1, 0.15) is 17.9 Å². The summed E-state index contributed by atoms with van der Waals surface area (Å²) in [6.45, 7) is 2.00. The van der Waals surface area contributed by atoms with Gasteiger partial charge >= 0.3 is 5.97 Å². The van der Waals surface area contributed by atoms with E-state index < -0.39 is 18.6 Å². The molecule has 0 saturated carbocycles. The number of aromatic amines is 1. The minimum absolute atomic E-state index is 0.433. The van der Waals surface area contributed by atoms with E-state index in [-0.39, 0.29) is 0 Å². The minimum atomic E-state index is -1.18. The van der Waals surface area contributed by atoms with E-state index in [0.29, 0.717) is 17.0 Å². The number of aliphatic hydroxyl groups is 1. The van der Waals surface area contributed by atoms with E-state index in [4.69, 9.17) is 21.7 Å². The fourth-order valence-electron chi connectivity index (χ4n) is 0.862. The fraction of sp³-hybridized carbons (Fsp3) is 0.400. The van der Waals surface area contributed by atoms with Crippen molar-refractivity contribution in [1.29, 1.82) is 0 Å². The summed E-state index contributed by atoms with van der Waals surface area (Å²) in [6.07, 6.45) is 2.92. The van der Waals surface area contributed by atoms with Crippen molar-refractivity contribution < 1.29 is 15.0 Å². The molecule has 2 aromatic heterocycles. The zero-order chi connectivity index (χ0) is 15.0. The van der Waals surface area contributed by atoms with Crippen LogP contribution in [0, 0.1) is 0 Å². The molecule has 3 rings (SSSR count). The van der Waals surface area contributed by atoms with E-state index in [1.54, 1.807) is 0 Å². The van der Waals surface area contributed by atoms with E-state index >= 15 is 0 Å². The molecule has 0 amide bonds. The standard InChI is InChI=1S/C5H5N5.C3H7NO3.C2H5N/c6-4-3-5(9-1-7-3)10-2-8-4;4-2(1-5)3(6)7;1-2-3-1/h1-2H,(H3,6,7,8,9,10);2,5H,1,4H2,(H,6,7);3H,1-2H2. The number of imidazole rings is 1. The lowest BCUT2D eigenvalue weighted by atomic mass is 10.3. The number of carbonyl (C=O) groups is 1. The van der Waals surface area contributed by atoms with Crippen LogP contribution in [0.2, 0.25) is 0 Å². The first-order chi connectivity index (χ1) is 9.56. The zero-order valence-electron chi connectivity index (χ0n) is 10.7. The predicted octanol–water partition coefficient (Wildman–Crippen LogP) is -2.08. The number of H-pyrrole nitrogens is 1. The van der Waals surface area contributed by atoms with Crippen LogP contribution in [0.1, 0.15) is 0 Å². The molecule has 20 heavy (non-hydrogen) atoms. The number of aliphatic hydroxyl groups excluding tert-OH is 1. The summed E-state index contributed by atoms with van der Waals surface area (Å²) in [4.78, 5) is 24.0. The summed E-state index contributed by atoms with van der Waals surface area (Å²) < 4.78 is 0. The number of hydrogen-bond acceptors (Lipinski definition) is 8. The molecular formula is C10H17N7O3. The van der Waals surface area contributed by atoms with E-state index in [1.165, 1.54) is 25.7 Å². The highest BCUT2D eigenvalue weighted by molar-refractivity contribution is 5.80. The average molecular weight is 283 g/mol. The largest absolute Gasteiger partial charge is 0.480 e. The molecule has 1 atom stereocenters. The number of aliphatic carboxylic acids is 1. The Morgan fingerprint density at radius 2 is 2.05 bits per heavy atom. The molecule has 1 saturated heterocycles. The number of nitrogens with zero attached hydrogens (tertiary/aromatic N) is 3. The van der Waals surface area contributed by atoms with E-state index in [0.717, 1.165) is 0 Å². The molecule has 1 unspecified atom stereocenters. The predicted molar refractivity (Wildman–Crippen MR) is 71.7 cm³/mol. The molecular weight excluding hydrogens is 266 g/mol. The third kappa shape index (κ3) is 5.56. The van der Waals surface area contributed by atoms with Crippen LogP contribution in [0.25, 0.3) is 11.2 Å². The molecule has 0 spiro atoms. The molecule has 0 aromatic carbocycles. The van der Waals surface area contributed by atoms with Gasteiger partial charge in [0.25, 0.3) is 0 Å². The first-order valence-electron chi connectivity index (χ1n) is 5.75. The number of aromatic nitrogens is 4. The van der Waals surface area contributed by atoms with Crippen LogP contribution in [0.3, 0.4) is 0 Å². The van der Waals surface area contributed by atoms with Crippen molar-refractivity contribution in [3.8, 4) is 0 Å². The van der Waals surface area contributed by atoms with Crippen molar-refractivity contribution in [2.75, 3.05) is 25.4 Å². The van der Waals surface area contributed by atoms with Crippen LogP contribution in [0.5, 0.6) is 0 Å². The molecule has 10 nitrogen and oxygen atoms in total. The summed E-state index contributed by atoms with van der Waals surface area (Å²) in [5.74, 6) is -0.745. The normalized spacial score (nSPS) is 13.5. The Kier molecular flexibility index (Phi) is 6.29. The summed E-state index contributed by atoms with van der Waals surface area (Å²) in [5, 5.41) is 18.9. The Labute approximate surface area is 114 Å². The van der Waals surface area contributed by atoms with Gasteiger partial charge in [0, 0.05) is 13.1 Å². The van der Waals surface area contributed by atoms with E-state index in [1.807, 2.05) is 0 Å². The second-order valence-electron chi connectivity index (χ2n) is 3.74. The van der Waals surface area contributed by atoms with Crippen LogP contribution in [-0.2, 0) is 4.79 Å². The van der Waals surface area contributed by atoms with Crippen LogP contribution in [0.15, 0.2) is 12.7 Å². The maximum absolute atomic E-state index is 9.65. The van der Waals surface area contributed by atoms with Gasteiger partial charge in [0.05, 0.1) is 12.9 Å². The Morgan fingerprint density at radius 1 is 1.40 bits per heavy atom. The van der Waals surface area contributed by atoms with Crippen molar-refractivity contribution in [2.45, 2.75) is 6.04 Å². The number of hydrogen-bond donors (Lipinski definition) is 6. The number of anilines is 1. The van der Waals surface area contributed by atoms with Crippen LogP contribution in [-0.4, -0.2) is 61.9 Å². The van der Waals surface area contributed by atoms with Gasteiger partial charge < -0.3 is 32.0 Å². The molecule has 1 aliphatic heterocycles. The second-order valence-corrected chi connectivity index (χ2v) is 3.74. The molecule has 0 bridgehead atoms. The van der Waals surface area contributed by atoms with Crippen molar-refractivity contribution in [3.63, 3.8) is 0 Å². The summed E-state index contributed by atoms with van der Waals surface area (Å²) in [6, 6.07) is -1.13. The number of nitrogens with one attached hydrogen (secondary N) is 2. The lowest BCUT2D eigenvalue weighted by Gasteiger charge is -1.96. The van der Waals surface area contributed by atoms with Gasteiger partial charge in [-0.3, -0.25) is 4.79 Å². The topological polar surface area (TPSA) is 186 Å². The SMILES string of the molecule is C1CN1.NC(CO)C(=O)O.Nc1ncnc2nc[nH]c12. The molecule has 1 fully saturated rings. The summed E-state index contributed by atoms with van der Waals surface area (Å²) in [7, 11) is 0. The van der Waals surface area contributed by atoms with Gasteiger partial charge in [0.2, 0.25) is 0 Å². The fourth-order valence-corrected chi connectivity index (χ4v) is 0.862. The quantitative estimate of drug-likeness (QED) is 0.336. The van der Waals surface area contributed by atoms with Crippen LogP contribution >= 0.6 is 0 Å². The first-order valence-corrected chi connectivity index (χ1v) is 5.75. The molecule has 3 heterocycles. The monoisotopic (exact) mass is 283 g/mol. The molecule has 0 aliphatic carbocycles. The third-order valence-electron chi connectivity index (χ3n) is 2.02. The number of carboxylic acids is 1. The molecule has 8 N–H and O–H groups in total. The lowest BCUT2D eigenvalue weighted by Crippen LogP contribution is -2.33. The van der Waals surface area contributed by atoms with Crippen LogP contribution in [0.4, 0.5) is 5.82 Å². The molecule has 110 valence electrons. The Morgan fingerprint density at radius 3 is 2.45 bits per heavy atom. The third-order valence-corrected chi connectivity index (χ3v) is 2.02. The minimum Gasteiger partial charge on any atom is -0.480 e. The van der Waals surface area contributed by atoms with E-state index in [2.05, 4.69) is 25.3 Å². The van der Waals surface area contributed by atoms with Gasteiger partial charge in [-0.15, -0.1) is 0 Å². The maximum atomic E-state index is 9.65. The molecule has 2 aromatic rings. The van der Waals surface area contributed by atoms with Crippen molar-refractivity contribution in [3.05, 3.63) is 12.7 Å². The Bertz CT molecular complexity index is 540. The van der Waals surface area contributed by atoms with Crippen LogP contribution < -0.4 is 16.8 Å². The number of nitrogen functional groups attached to an aromatic ring is 1. The summed E-state index contributed by atoms with van der Waals surface area (Å²) >= 11 is 0. The van der Waals surface area contributed by atoms with Gasteiger partial charge in [0.15, 0.2) is 11.5 Å². The number of rotatable bonds is 2. The highest BCUT2D eigenvalue weighted by Crippen LogP contribution is 2.09. The van der Waals surface area contributed by atoms with Gasteiger partial charge in [-0.25, -0.2) is 15.0 Å². The lowest BCUT2D eigenvalue weighted by molar-refractivity contribution is -0.139. The molecule has 0 radical (unpaired) electrons. The average Bonchev–Trinajstić information content (AvgIpc) is 3.24. The first kappa shape index (κ1) is 15.8. The van der Waals surface area contributed by atoms with Crippen molar-refractivity contribution in [1.82, 2.24) is 25.3 Å². The molecule has 10 heteroatoms. The molecule has 1 aliphatic rings. The van der Waals surface area contributed by atoms with Crippen molar-refractivity contribution in [2.24, 2.45) is 5.73 Å². The highest BCUT2D eigenvalue weighted by atomic mass is 16.4. The summed E-state index contributed by atoms with van der Waals surface area (Å²) in [5.41, 5.74) is 11.5. The van der Waals surface area contributed by atoms with E-state index in [9.17, 15) is 4.79 Å². The van der Waals surface area contributed by atoms with Crippen molar-refractivity contribution >= 4 is 23.0 Å². The number of fused-ring (bicyclic) bond motifs is 1. The van der Waals surface area contributed by atoms with Gasteiger partial charge in [-0.2, -0.15) is 0 Å². The Hall–Kier alpha value is -2.30. The smallest absolute Gasteiger partial charge is 0.322 e. The number of carboxylic acid groups (broad SMARTS) is 1. The maximum Gasteiger partial charge on any atom is 0.322 e. The van der Waals surface area contributed by atoms with Gasteiger partial charge in [-0.05, 0) is 0 Å². The Balaban J connectivity index is 0.000000174. The highest BCUT2D eigenvalue weighted by Gasteiger charge is 2.07. The van der Waals surface area contributed by atoms with Gasteiger partial charge in [-0.1, -0.05) is 0 Å². The zero-order valence-corrected chi connectivity index (χ0v) is 10.7. The number of nitrogens with two attached hydrogens (primary N) is 2. The second kappa shape index (κ2) is 7.99.